The average Bonchev–Trinajstić information content (AvgIpc) is 2.54. The fourth-order valence-electron chi connectivity index (χ4n) is 2.63. The van der Waals surface area contributed by atoms with Gasteiger partial charge in [-0.05, 0) is 38.8 Å². The second kappa shape index (κ2) is 7.60. The molecular formula is C18H24Cl2N4. The summed E-state index contributed by atoms with van der Waals surface area (Å²) in [6, 6.07) is 5.36. The van der Waals surface area contributed by atoms with E-state index in [1.165, 1.54) is 0 Å². The Morgan fingerprint density at radius 1 is 1.33 bits per heavy atom. The number of nitrogens with two attached hydrogens (primary N) is 2. The summed E-state index contributed by atoms with van der Waals surface area (Å²) < 4.78 is 0. The van der Waals surface area contributed by atoms with Gasteiger partial charge in [-0.15, -0.1) is 0 Å². The zero-order chi connectivity index (χ0) is 17.9. The second-order valence-electron chi connectivity index (χ2n) is 6.36. The number of hydrogen-bond donors (Lipinski definition) is 2. The maximum Gasteiger partial charge on any atom is 0.133 e. The van der Waals surface area contributed by atoms with Crippen molar-refractivity contribution >= 4 is 34.6 Å². The van der Waals surface area contributed by atoms with Crippen LogP contribution in [-0.2, 0) is 0 Å². The van der Waals surface area contributed by atoms with Crippen LogP contribution in [0.2, 0.25) is 10.0 Å². The molecule has 0 unspecified atom stereocenters. The van der Waals surface area contributed by atoms with Crippen molar-refractivity contribution in [2.24, 2.45) is 16.5 Å². The smallest absolute Gasteiger partial charge is 0.133 e. The molecule has 130 valence electrons. The molecule has 1 fully saturated rings. The highest BCUT2D eigenvalue weighted by Crippen LogP contribution is 2.30. The van der Waals surface area contributed by atoms with Gasteiger partial charge in [-0.3, -0.25) is 0 Å². The van der Waals surface area contributed by atoms with E-state index in [1.54, 1.807) is 6.07 Å². The Balaban J connectivity index is 2.19. The molecule has 0 atom stereocenters. The van der Waals surface area contributed by atoms with Crippen molar-refractivity contribution in [1.82, 2.24) is 4.90 Å². The Kier molecular flexibility index (Phi) is 5.97. The summed E-state index contributed by atoms with van der Waals surface area (Å²) in [4.78, 5) is 6.74. The molecule has 24 heavy (non-hydrogen) atoms. The van der Waals surface area contributed by atoms with E-state index in [9.17, 15) is 0 Å². The van der Waals surface area contributed by atoms with Crippen molar-refractivity contribution < 1.29 is 0 Å². The van der Waals surface area contributed by atoms with Gasteiger partial charge in [-0.1, -0.05) is 41.9 Å². The highest BCUT2D eigenvalue weighted by molar-refractivity contribution is 6.44. The summed E-state index contributed by atoms with van der Waals surface area (Å²) in [6.07, 6.45) is 3.78. The van der Waals surface area contributed by atoms with Crippen LogP contribution in [0.15, 0.2) is 41.7 Å². The molecule has 1 aliphatic rings. The highest BCUT2D eigenvalue weighted by Gasteiger charge is 2.26. The van der Waals surface area contributed by atoms with Gasteiger partial charge in [0.05, 0.1) is 10.0 Å². The number of aliphatic imine (C=N–C) groups is 1. The quantitative estimate of drug-likeness (QED) is 0.623. The summed E-state index contributed by atoms with van der Waals surface area (Å²) in [6.45, 7) is 9.75. The lowest BCUT2D eigenvalue weighted by molar-refractivity contribution is 0.208. The lowest BCUT2D eigenvalue weighted by Gasteiger charge is -2.38. The average molecular weight is 367 g/mol. The first-order chi connectivity index (χ1) is 11.2. The molecule has 1 saturated heterocycles. The van der Waals surface area contributed by atoms with Crippen LogP contribution in [0.4, 0.5) is 0 Å². The first kappa shape index (κ1) is 18.8. The minimum Gasteiger partial charge on any atom is -0.383 e. The summed E-state index contributed by atoms with van der Waals surface area (Å²) >= 11 is 12.3. The minimum atomic E-state index is -0.109. The van der Waals surface area contributed by atoms with E-state index in [0.29, 0.717) is 27.0 Å². The minimum absolute atomic E-state index is 0.109. The topological polar surface area (TPSA) is 67.6 Å². The third-order valence-electron chi connectivity index (χ3n) is 4.31. The van der Waals surface area contributed by atoms with Crippen LogP contribution < -0.4 is 11.5 Å². The molecule has 2 rings (SSSR count). The van der Waals surface area contributed by atoms with E-state index in [4.69, 9.17) is 34.7 Å². The standard InChI is InChI=1S/C18H24Cl2N4/c1-4-15(24-10-8-18(3,22)9-11-24)23-17(21)12(2)13-6-5-7-14(19)16(13)20/h4-7H,2,8-11,22H2,1,3H3,(H2,21,23)/b15-4+. The molecule has 4 nitrogen and oxygen atoms in total. The van der Waals surface area contributed by atoms with Gasteiger partial charge in [0.25, 0.3) is 0 Å². The summed E-state index contributed by atoms with van der Waals surface area (Å²) in [5, 5.41) is 0.897. The van der Waals surface area contributed by atoms with Crippen LogP contribution in [0.1, 0.15) is 32.3 Å². The van der Waals surface area contributed by atoms with Crippen molar-refractivity contribution in [3.05, 3.63) is 52.3 Å². The summed E-state index contributed by atoms with van der Waals surface area (Å²) in [5.41, 5.74) is 13.5. The van der Waals surface area contributed by atoms with E-state index < -0.39 is 0 Å². The maximum atomic E-state index is 6.24. The van der Waals surface area contributed by atoms with Gasteiger partial charge in [0, 0.05) is 29.8 Å². The number of likely N-dealkylation sites (tertiary alicyclic amines) is 1. The third kappa shape index (κ3) is 4.32. The fourth-order valence-corrected chi connectivity index (χ4v) is 3.04. The summed E-state index contributed by atoms with van der Waals surface area (Å²) in [5.74, 6) is 1.15. The largest absolute Gasteiger partial charge is 0.383 e. The lowest BCUT2D eigenvalue weighted by atomic mass is 9.91. The van der Waals surface area contributed by atoms with Crippen molar-refractivity contribution in [2.75, 3.05) is 13.1 Å². The molecule has 0 saturated carbocycles. The number of rotatable bonds is 4. The Bertz CT molecular complexity index is 682. The van der Waals surface area contributed by atoms with Crippen LogP contribution in [0.5, 0.6) is 0 Å². The van der Waals surface area contributed by atoms with E-state index in [0.717, 1.165) is 31.8 Å². The van der Waals surface area contributed by atoms with Crippen molar-refractivity contribution in [3.63, 3.8) is 0 Å². The molecule has 0 aromatic heterocycles. The Morgan fingerprint density at radius 2 is 1.96 bits per heavy atom. The molecule has 0 aliphatic carbocycles. The molecule has 1 aromatic carbocycles. The number of allylic oxidation sites excluding steroid dienone is 1. The van der Waals surface area contributed by atoms with Crippen molar-refractivity contribution in [3.8, 4) is 0 Å². The second-order valence-corrected chi connectivity index (χ2v) is 7.15. The van der Waals surface area contributed by atoms with Crippen LogP contribution in [0.3, 0.4) is 0 Å². The van der Waals surface area contributed by atoms with Gasteiger partial charge in [0.2, 0.25) is 0 Å². The van der Waals surface area contributed by atoms with E-state index in [2.05, 4.69) is 23.4 Å². The number of hydrogen-bond acceptors (Lipinski definition) is 3. The zero-order valence-corrected chi connectivity index (χ0v) is 15.7. The van der Waals surface area contributed by atoms with Gasteiger partial charge >= 0.3 is 0 Å². The van der Waals surface area contributed by atoms with Gasteiger partial charge in [0.15, 0.2) is 0 Å². The molecule has 1 aromatic rings. The van der Waals surface area contributed by atoms with E-state index >= 15 is 0 Å². The predicted molar refractivity (Wildman–Crippen MR) is 104 cm³/mol. The van der Waals surface area contributed by atoms with Gasteiger partial charge in [0.1, 0.15) is 11.7 Å². The third-order valence-corrected chi connectivity index (χ3v) is 5.13. The van der Waals surface area contributed by atoms with Crippen molar-refractivity contribution in [2.45, 2.75) is 32.2 Å². The molecular weight excluding hydrogens is 343 g/mol. The molecule has 0 bridgehead atoms. The number of piperidine rings is 1. The number of halogens is 2. The zero-order valence-electron chi connectivity index (χ0n) is 14.1. The highest BCUT2D eigenvalue weighted by atomic mass is 35.5. The van der Waals surface area contributed by atoms with Crippen LogP contribution in [-0.4, -0.2) is 29.4 Å². The molecule has 1 aliphatic heterocycles. The molecule has 0 spiro atoms. The van der Waals surface area contributed by atoms with Crippen LogP contribution in [0, 0.1) is 0 Å². The molecule has 0 amide bonds. The Morgan fingerprint density at radius 3 is 2.54 bits per heavy atom. The summed E-state index contributed by atoms with van der Waals surface area (Å²) in [7, 11) is 0. The molecule has 6 heteroatoms. The SMILES string of the molecule is C=C(C(N)=N/C(=C\C)N1CCC(C)(N)CC1)c1cccc(Cl)c1Cl. The fraction of sp³-hybridized carbons (Fsp3) is 0.389. The van der Waals surface area contributed by atoms with Crippen LogP contribution >= 0.6 is 23.2 Å². The molecule has 0 radical (unpaired) electrons. The van der Waals surface area contributed by atoms with Gasteiger partial charge in [-0.2, -0.15) is 0 Å². The number of amidine groups is 1. The maximum absolute atomic E-state index is 6.24. The van der Waals surface area contributed by atoms with Crippen molar-refractivity contribution in [1.29, 1.82) is 0 Å². The first-order valence-electron chi connectivity index (χ1n) is 7.93. The molecule has 1 heterocycles. The van der Waals surface area contributed by atoms with Gasteiger partial charge in [-0.25, -0.2) is 4.99 Å². The van der Waals surface area contributed by atoms with Gasteiger partial charge < -0.3 is 16.4 Å². The first-order valence-corrected chi connectivity index (χ1v) is 8.69. The normalized spacial score (nSPS) is 18.6. The number of benzene rings is 1. The predicted octanol–water partition coefficient (Wildman–Crippen LogP) is 4.04. The Hall–Kier alpha value is -1.49. The monoisotopic (exact) mass is 366 g/mol. The van der Waals surface area contributed by atoms with E-state index in [-0.39, 0.29) is 5.54 Å². The molecule has 4 N–H and O–H groups in total. The van der Waals surface area contributed by atoms with Crippen LogP contribution in [0.25, 0.3) is 5.57 Å². The Labute approximate surface area is 153 Å². The lowest BCUT2D eigenvalue weighted by Crippen LogP contribution is -2.47. The number of nitrogens with zero attached hydrogens (tertiary/aromatic N) is 2. The van der Waals surface area contributed by atoms with E-state index in [1.807, 2.05) is 25.1 Å².